The normalized spacial score (nSPS) is 13.8. The summed E-state index contributed by atoms with van der Waals surface area (Å²) in [7, 11) is 1.94. The third-order valence-electron chi connectivity index (χ3n) is 1.66. The van der Waals surface area contributed by atoms with E-state index in [9.17, 15) is 0 Å². The maximum atomic E-state index is 8.64. The van der Waals surface area contributed by atoms with E-state index >= 15 is 0 Å². The van der Waals surface area contributed by atoms with Gasteiger partial charge >= 0.3 is 0 Å². The summed E-state index contributed by atoms with van der Waals surface area (Å²) in [6.07, 6.45) is 0.0894. The Hall–Kier alpha value is -0.160. The van der Waals surface area contributed by atoms with Crippen molar-refractivity contribution in [2.45, 2.75) is 13.0 Å². The fourth-order valence-corrected chi connectivity index (χ4v) is 1.04. The number of nitrogens with zero attached hydrogens (tertiary/aromatic N) is 1. The predicted octanol–water partition coefficient (Wildman–Crippen LogP) is -0.726. The van der Waals surface area contributed by atoms with Crippen molar-refractivity contribution in [1.82, 2.24) is 4.90 Å². The van der Waals surface area contributed by atoms with Crippen LogP contribution in [0.15, 0.2) is 0 Å². The molecule has 0 bridgehead atoms. The van der Waals surface area contributed by atoms with Gasteiger partial charge in [-0.1, -0.05) is 0 Å². The van der Waals surface area contributed by atoms with Crippen LogP contribution in [0.2, 0.25) is 0 Å². The molecule has 0 aromatic carbocycles. The first-order valence-corrected chi connectivity index (χ1v) is 4.35. The Kier molecular flexibility index (Phi) is 7.39. The molecule has 0 aliphatic heterocycles. The minimum absolute atomic E-state index is 0.0894. The lowest BCUT2D eigenvalue weighted by atomic mass is 10.3. The Balaban J connectivity index is 3.53. The second kappa shape index (κ2) is 7.49. The van der Waals surface area contributed by atoms with Gasteiger partial charge < -0.3 is 20.5 Å². The molecule has 1 atom stereocenters. The quantitative estimate of drug-likeness (QED) is 0.537. The number of aliphatic hydroxyl groups is 1. The molecule has 1 unspecified atom stereocenters. The molecule has 0 aromatic rings. The van der Waals surface area contributed by atoms with Crippen LogP contribution in [0.25, 0.3) is 0 Å². The molecule has 0 aliphatic rings. The van der Waals surface area contributed by atoms with Gasteiger partial charge in [0.1, 0.15) is 0 Å². The maximum Gasteiger partial charge on any atom is 0.0823 e. The summed E-state index contributed by atoms with van der Waals surface area (Å²) in [5.74, 6) is 0. The minimum atomic E-state index is 0.0894. The number of hydrogen-bond donors (Lipinski definition) is 2. The van der Waals surface area contributed by atoms with Crippen LogP contribution >= 0.6 is 0 Å². The van der Waals surface area contributed by atoms with Crippen LogP contribution in [0.4, 0.5) is 0 Å². The first-order valence-electron chi connectivity index (χ1n) is 4.35. The van der Waals surface area contributed by atoms with Crippen LogP contribution in [-0.2, 0) is 4.74 Å². The van der Waals surface area contributed by atoms with Gasteiger partial charge in [0.15, 0.2) is 0 Å². The largest absolute Gasteiger partial charge is 0.395 e. The Morgan fingerprint density at radius 2 is 2.25 bits per heavy atom. The highest BCUT2D eigenvalue weighted by Gasteiger charge is 2.08. The second-order valence-corrected chi connectivity index (χ2v) is 2.80. The van der Waals surface area contributed by atoms with Crippen molar-refractivity contribution in [3.8, 4) is 0 Å². The van der Waals surface area contributed by atoms with E-state index in [0.717, 1.165) is 6.54 Å². The number of ether oxygens (including phenoxy) is 1. The second-order valence-electron chi connectivity index (χ2n) is 2.80. The Morgan fingerprint density at radius 1 is 1.58 bits per heavy atom. The number of rotatable bonds is 7. The molecule has 4 heteroatoms. The van der Waals surface area contributed by atoms with E-state index in [-0.39, 0.29) is 12.7 Å². The van der Waals surface area contributed by atoms with Gasteiger partial charge in [-0.2, -0.15) is 0 Å². The zero-order chi connectivity index (χ0) is 9.40. The Morgan fingerprint density at radius 3 is 2.67 bits per heavy atom. The fraction of sp³-hybridized carbons (Fsp3) is 1.00. The third-order valence-corrected chi connectivity index (χ3v) is 1.66. The lowest BCUT2D eigenvalue weighted by Crippen LogP contribution is -2.37. The van der Waals surface area contributed by atoms with Gasteiger partial charge in [-0.15, -0.1) is 0 Å². The van der Waals surface area contributed by atoms with Crippen molar-refractivity contribution in [1.29, 1.82) is 0 Å². The summed E-state index contributed by atoms with van der Waals surface area (Å²) in [5.41, 5.74) is 5.49. The van der Waals surface area contributed by atoms with Crippen molar-refractivity contribution in [3.63, 3.8) is 0 Å². The molecule has 74 valence electrons. The zero-order valence-electron chi connectivity index (χ0n) is 7.99. The molecule has 0 aliphatic carbocycles. The van der Waals surface area contributed by atoms with E-state index in [1.54, 1.807) is 0 Å². The van der Waals surface area contributed by atoms with E-state index in [4.69, 9.17) is 15.6 Å². The predicted molar refractivity (Wildman–Crippen MR) is 49.1 cm³/mol. The SMILES string of the molecule is CCOC(CN)CN(C)CCO. The van der Waals surface area contributed by atoms with Crippen molar-refractivity contribution in [2.75, 3.05) is 39.9 Å². The monoisotopic (exact) mass is 176 g/mol. The molecule has 12 heavy (non-hydrogen) atoms. The first kappa shape index (κ1) is 11.8. The molecule has 0 heterocycles. The van der Waals surface area contributed by atoms with Gasteiger partial charge in [0.25, 0.3) is 0 Å². The molecule has 4 nitrogen and oxygen atoms in total. The number of aliphatic hydroxyl groups excluding tert-OH is 1. The van der Waals surface area contributed by atoms with Gasteiger partial charge in [-0.3, -0.25) is 0 Å². The summed E-state index contributed by atoms with van der Waals surface area (Å²) in [5, 5.41) is 8.64. The molecule has 0 amide bonds. The molecule has 0 spiro atoms. The molecule has 3 N–H and O–H groups in total. The highest BCUT2D eigenvalue weighted by atomic mass is 16.5. The molecule has 0 aromatic heterocycles. The number of hydrogen-bond acceptors (Lipinski definition) is 4. The lowest BCUT2D eigenvalue weighted by Gasteiger charge is -2.21. The molecular formula is C8H20N2O2. The Labute approximate surface area is 74.3 Å². The van der Waals surface area contributed by atoms with Crippen LogP contribution in [0, 0.1) is 0 Å². The van der Waals surface area contributed by atoms with Crippen LogP contribution < -0.4 is 5.73 Å². The van der Waals surface area contributed by atoms with Crippen molar-refractivity contribution in [2.24, 2.45) is 5.73 Å². The van der Waals surface area contributed by atoms with Gasteiger partial charge in [-0.05, 0) is 14.0 Å². The summed E-state index contributed by atoms with van der Waals surface area (Å²) in [6, 6.07) is 0. The highest BCUT2D eigenvalue weighted by Crippen LogP contribution is 1.92. The summed E-state index contributed by atoms with van der Waals surface area (Å²) < 4.78 is 5.36. The molecule has 0 radical (unpaired) electrons. The molecule has 0 saturated carbocycles. The molecule has 0 rings (SSSR count). The van der Waals surface area contributed by atoms with Gasteiger partial charge in [0.2, 0.25) is 0 Å². The van der Waals surface area contributed by atoms with E-state index in [0.29, 0.717) is 19.7 Å². The topological polar surface area (TPSA) is 58.7 Å². The maximum absolute atomic E-state index is 8.64. The first-order chi connectivity index (χ1) is 5.74. The highest BCUT2D eigenvalue weighted by molar-refractivity contribution is 4.63. The number of nitrogens with two attached hydrogens (primary N) is 1. The van der Waals surface area contributed by atoms with Crippen LogP contribution in [0.5, 0.6) is 0 Å². The molecular weight excluding hydrogens is 156 g/mol. The fourth-order valence-electron chi connectivity index (χ4n) is 1.04. The van der Waals surface area contributed by atoms with E-state index < -0.39 is 0 Å². The van der Waals surface area contributed by atoms with Crippen molar-refractivity contribution < 1.29 is 9.84 Å². The van der Waals surface area contributed by atoms with E-state index in [2.05, 4.69) is 0 Å². The smallest absolute Gasteiger partial charge is 0.0823 e. The van der Waals surface area contributed by atoms with Gasteiger partial charge in [0.05, 0.1) is 12.7 Å². The molecule has 0 fully saturated rings. The number of likely N-dealkylation sites (N-methyl/N-ethyl adjacent to an activating group) is 1. The van der Waals surface area contributed by atoms with Gasteiger partial charge in [0, 0.05) is 26.2 Å². The average molecular weight is 176 g/mol. The minimum Gasteiger partial charge on any atom is -0.395 e. The standard InChI is InChI=1S/C8H20N2O2/c1-3-12-8(6-9)7-10(2)4-5-11/h8,11H,3-7,9H2,1-2H3. The van der Waals surface area contributed by atoms with E-state index in [1.165, 1.54) is 0 Å². The van der Waals surface area contributed by atoms with E-state index in [1.807, 2.05) is 18.9 Å². The Bertz CT molecular complexity index is 101. The lowest BCUT2D eigenvalue weighted by molar-refractivity contribution is 0.0419. The molecule has 0 saturated heterocycles. The third kappa shape index (κ3) is 5.49. The van der Waals surface area contributed by atoms with Crippen LogP contribution in [0.3, 0.4) is 0 Å². The van der Waals surface area contributed by atoms with Gasteiger partial charge in [-0.25, -0.2) is 0 Å². The van der Waals surface area contributed by atoms with Crippen molar-refractivity contribution in [3.05, 3.63) is 0 Å². The van der Waals surface area contributed by atoms with Crippen molar-refractivity contribution >= 4 is 0 Å². The average Bonchev–Trinajstić information content (AvgIpc) is 2.04. The summed E-state index contributed by atoms with van der Waals surface area (Å²) in [4.78, 5) is 2.01. The summed E-state index contributed by atoms with van der Waals surface area (Å²) >= 11 is 0. The zero-order valence-corrected chi connectivity index (χ0v) is 7.99. The van der Waals surface area contributed by atoms with Crippen LogP contribution in [0.1, 0.15) is 6.92 Å². The van der Waals surface area contributed by atoms with Crippen LogP contribution in [-0.4, -0.2) is 56.0 Å². The summed E-state index contributed by atoms with van der Waals surface area (Å²) in [6.45, 7) is 4.81.